The van der Waals surface area contributed by atoms with Crippen molar-refractivity contribution in [3.63, 3.8) is 0 Å². The number of aryl methyl sites for hydroxylation is 1. The number of benzene rings is 1. The maximum absolute atomic E-state index is 6.42. The maximum atomic E-state index is 6.42. The Bertz CT molecular complexity index is 538. The van der Waals surface area contributed by atoms with E-state index in [4.69, 9.17) is 5.73 Å². The van der Waals surface area contributed by atoms with E-state index in [0.717, 1.165) is 25.1 Å². The van der Waals surface area contributed by atoms with Gasteiger partial charge in [-0.15, -0.1) is 0 Å². The molecular formula is C16H23N3. The van der Waals surface area contributed by atoms with Crippen molar-refractivity contribution in [3.05, 3.63) is 42.4 Å². The largest absolute Gasteiger partial charge is 0.329 e. The lowest BCUT2D eigenvalue weighted by Crippen LogP contribution is -2.42. The van der Waals surface area contributed by atoms with Crippen molar-refractivity contribution in [2.24, 2.45) is 5.73 Å². The first-order chi connectivity index (χ1) is 9.09. The summed E-state index contributed by atoms with van der Waals surface area (Å²) in [6.45, 7) is 7.23. The second kappa shape index (κ2) is 5.57. The molecule has 19 heavy (non-hydrogen) atoms. The average molecular weight is 257 g/mol. The Kier molecular flexibility index (Phi) is 4.05. The van der Waals surface area contributed by atoms with E-state index >= 15 is 0 Å². The fourth-order valence-electron chi connectivity index (χ4n) is 2.34. The molecule has 0 aliphatic carbocycles. The minimum absolute atomic E-state index is 0.155. The molecule has 0 saturated carbocycles. The summed E-state index contributed by atoms with van der Waals surface area (Å²) < 4.78 is 2.18. The van der Waals surface area contributed by atoms with Crippen molar-refractivity contribution in [1.29, 1.82) is 0 Å². The zero-order valence-corrected chi connectivity index (χ0v) is 12.1. The first kappa shape index (κ1) is 13.8. The molecule has 0 aliphatic heterocycles. The highest BCUT2D eigenvalue weighted by molar-refractivity contribution is 5.63. The molecule has 0 fully saturated rings. The standard InChI is InChI=1S/C16H23N3/c1-4-16(17,5-2)11-19-12-18-10-15(19)14-9-7-6-8-13(14)3/h6-10,12H,4-5,11,17H2,1-3H3. The Morgan fingerprint density at radius 1 is 1.21 bits per heavy atom. The van der Waals surface area contributed by atoms with E-state index in [0.29, 0.717) is 0 Å². The van der Waals surface area contributed by atoms with Crippen molar-refractivity contribution in [3.8, 4) is 11.3 Å². The van der Waals surface area contributed by atoms with Gasteiger partial charge < -0.3 is 10.3 Å². The van der Waals surface area contributed by atoms with Crippen molar-refractivity contribution < 1.29 is 0 Å². The summed E-state index contributed by atoms with van der Waals surface area (Å²) in [7, 11) is 0. The Morgan fingerprint density at radius 2 is 1.89 bits per heavy atom. The monoisotopic (exact) mass is 257 g/mol. The van der Waals surface area contributed by atoms with Crippen LogP contribution in [0.1, 0.15) is 32.3 Å². The number of nitrogens with two attached hydrogens (primary N) is 1. The van der Waals surface area contributed by atoms with Gasteiger partial charge in [-0.25, -0.2) is 4.98 Å². The van der Waals surface area contributed by atoms with Gasteiger partial charge in [-0.2, -0.15) is 0 Å². The van der Waals surface area contributed by atoms with Gasteiger partial charge in [0.1, 0.15) is 0 Å². The van der Waals surface area contributed by atoms with Crippen LogP contribution in [0.5, 0.6) is 0 Å². The molecule has 2 aromatic rings. The third-order valence-electron chi connectivity index (χ3n) is 4.03. The average Bonchev–Trinajstić information content (AvgIpc) is 2.87. The summed E-state index contributed by atoms with van der Waals surface area (Å²) in [4.78, 5) is 4.30. The highest BCUT2D eigenvalue weighted by atomic mass is 15.1. The maximum Gasteiger partial charge on any atom is 0.0951 e. The molecular weight excluding hydrogens is 234 g/mol. The molecule has 0 amide bonds. The Hall–Kier alpha value is -1.61. The molecule has 1 aromatic heterocycles. The highest BCUT2D eigenvalue weighted by Crippen LogP contribution is 2.25. The van der Waals surface area contributed by atoms with Crippen LogP contribution in [0.3, 0.4) is 0 Å². The third kappa shape index (κ3) is 2.87. The second-order valence-corrected chi connectivity index (χ2v) is 5.29. The molecule has 2 rings (SSSR count). The van der Waals surface area contributed by atoms with Gasteiger partial charge in [-0.1, -0.05) is 38.1 Å². The molecule has 2 N–H and O–H groups in total. The lowest BCUT2D eigenvalue weighted by Gasteiger charge is -2.28. The van der Waals surface area contributed by atoms with Crippen LogP contribution in [0.25, 0.3) is 11.3 Å². The van der Waals surface area contributed by atoms with Gasteiger partial charge in [-0.3, -0.25) is 0 Å². The SMILES string of the molecule is CCC(N)(CC)Cn1cncc1-c1ccccc1C. The number of imidazole rings is 1. The summed E-state index contributed by atoms with van der Waals surface area (Å²) in [5, 5.41) is 0. The lowest BCUT2D eigenvalue weighted by atomic mass is 9.94. The van der Waals surface area contributed by atoms with Crippen molar-refractivity contribution in [2.75, 3.05) is 0 Å². The van der Waals surface area contributed by atoms with Crippen LogP contribution in [-0.2, 0) is 6.54 Å². The van der Waals surface area contributed by atoms with Crippen molar-refractivity contribution in [2.45, 2.75) is 45.7 Å². The van der Waals surface area contributed by atoms with E-state index in [1.807, 2.05) is 12.5 Å². The molecule has 1 aromatic carbocycles. The van der Waals surface area contributed by atoms with Crippen LogP contribution in [0.15, 0.2) is 36.8 Å². The lowest BCUT2D eigenvalue weighted by molar-refractivity contribution is 0.340. The molecule has 3 nitrogen and oxygen atoms in total. The Morgan fingerprint density at radius 3 is 2.53 bits per heavy atom. The zero-order valence-electron chi connectivity index (χ0n) is 12.1. The smallest absolute Gasteiger partial charge is 0.0951 e. The summed E-state index contributed by atoms with van der Waals surface area (Å²) in [5.41, 5.74) is 9.91. The van der Waals surface area contributed by atoms with Gasteiger partial charge in [0, 0.05) is 17.6 Å². The summed E-state index contributed by atoms with van der Waals surface area (Å²) in [6.07, 6.45) is 5.74. The quantitative estimate of drug-likeness (QED) is 0.892. The fourth-order valence-corrected chi connectivity index (χ4v) is 2.34. The van der Waals surface area contributed by atoms with E-state index < -0.39 is 0 Å². The number of aromatic nitrogens is 2. The van der Waals surface area contributed by atoms with Gasteiger partial charge >= 0.3 is 0 Å². The van der Waals surface area contributed by atoms with Crippen LogP contribution < -0.4 is 5.73 Å². The van der Waals surface area contributed by atoms with Crippen LogP contribution >= 0.6 is 0 Å². The molecule has 102 valence electrons. The first-order valence-electron chi connectivity index (χ1n) is 6.94. The summed E-state index contributed by atoms with van der Waals surface area (Å²) in [6, 6.07) is 8.39. The minimum atomic E-state index is -0.155. The zero-order chi connectivity index (χ0) is 13.9. The van der Waals surface area contributed by atoms with E-state index in [9.17, 15) is 0 Å². The molecule has 3 heteroatoms. The van der Waals surface area contributed by atoms with E-state index in [2.05, 4.69) is 54.6 Å². The minimum Gasteiger partial charge on any atom is -0.329 e. The topological polar surface area (TPSA) is 43.8 Å². The Balaban J connectivity index is 2.36. The number of hydrogen-bond donors (Lipinski definition) is 1. The normalized spacial score (nSPS) is 11.8. The molecule has 0 saturated heterocycles. The summed E-state index contributed by atoms with van der Waals surface area (Å²) in [5.74, 6) is 0. The molecule has 0 aliphatic rings. The van der Waals surface area contributed by atoms with E-state index in [-0.39, 0.29) is 5.54 Å². The fraction of sp³-hybridized carbons (Fsp3) is 0.438. The molecule has 0 atom stereocenters. The Labute approximate surface area is 115 Å². The van der Waals surface area contributed by atoms with Crippen molar-refractivity contribution in [1.82, 2.24) is 9.55 Å². The molecule has 0 radical (unpaired) electrons. The first-order valence-corrected chi connectivity index (χ1v) is 6.94. The molecule has 0 unspecified atom stereocenters. The molecule has 0 bridgehead atoms. The molecule has 0 spiro atoms. The summed E-state index contributed by atoms with van der Waals surface area (Å²) >= 11 is 0. The van der Waals surface area contributed by atoms with Gasteiger partial charge in [0.25, 0.3) is 0 Å². The van der Waals surface area contributed by atoms with E-state index in [1.165, 1.54) is 11.1 Å². The van der Waals surface area contributed by atoms with Crippen molar-refractivity contribution >= 4 is 0 Å². The number of hydrogen-bond acceptors (Lipinski definition) is 2. The highest BCUT2D eigenvalue weighted by Gasteiger charge is 2.22. The predicted molar refractivity (Wildman–Crippen MR) is 79.9 cm³/mol. The van der Waals surface area contributed by atoms with Gasteiger partial charge in [-0.05, 0) is 25.3 Å². The predicted octanol–water partition coefficient (Wildman–Crippen LogP) is 3.38. The van der Waals surface area contributed by atoms with Crippen LogP contribution in [0, 0.1) is 6.92 Å². The number of nitrogens with zero attached hydrogens (tertiary/aromatic N) is 2. The van der Waals surface area contributed by atoms with E-state index in [1.54, 1.807) is 0 Å². The van der Waals surface area contributed by atoms with Gasteiger partial charge in [0.2, 0.25) is 0 Å². The van der Waals surface area contributed by atoms with Crippen LogP contribution in [0.4, 0.5) is 0 Å². The molecule has 1 heterocycles. The second-order valence-electron chi connectivity index (χ2n) is 5.29. The van der Waals surface area contributed by atoms with Gasteiger partial charge in [0.15, 0.2) is 0 Å². The van der Waals surface area contributed by atoms with Crippen LogP contribution in [0.2, 0.25) is 0 Å². The van der Waals surface area contributed by atoms with Crippen LogP contribution in [-0.4, -0.2) is 15.1 Å². The van der Waals surface area contributed by atoms with Gasteiger partial charge in [0.05, 0.1) is 18.2 Å². The number of rotatable bonds is 5. The third-order valence-corrected chi connectivity index (χ3v) is 4.03.